The van der Waals surface area contributed by atoms with E-state index in [1.165, 1.54) is 23.1 Å². The van der Waals surface area contributed by atoms with Gasteiger partial charge in [-0.1, -0.05) is 19.9 Å². The predicted octanol–water partition coefficient (Wildman–Crippen LogP) is 3.04. The minimum Gasteiger partial charge on any atom is -0.370 e. The van der Waals surface area contributed by atoms with Crippen LogP contribution >= 0.6 is 0 Å². The lowest BCUT2D eigenvalue weighted by Crippen LogP contribution is -2.36. The van der Waals surface area contributed by atoms with E-state index in [0.29, 0.717) is 18.2 Å². The molecule has 0 unspecified atom stereocenters. The lowest BCUT2D eigenvalue weighted by molar-refractivity contribution is -0.134. The lowest BCUT2D eigenvalue weighted by Gasteiger charge is -2.25. The second-order valence-corrected chi connectivity index (χ2v) is 9.20. The van der Waals surface area contributed by atoms with Crippen LogP contribution in [0.15, 0.2) is 36.7 Å². The molecular weight excluding hydrogens is 425 g/mol. The maximum Gasteiger partial charge on any atom is 0.255 e. The standard InChI is InChI=1S/C24H34FN5O3/c1-17(2)8-9-29-14-21(11-22(29)15-33-16-23(31)28(3)4)30-13-20(12-26-30)27-24(32)18-6-5-7-19(25)10-18/h5-7,10,12-13,17,21-22H,8-9,11,14-16H2,1-4H3,(H,27,32)/t21-,22-/m0/s1. The summed E-state index contributed by atoms with van der Waals surface area (Å²) >= 11 is 0. The van der Waals surface area contributed by atoms with E-state index in [1.807, 2.05) is 4.68 Å². The molecule has 2 aromatic rings. The summed E-state index contributed by atoms with van der Waals surface area (Å²) in [5.74, 6) is -0.290. The Kier molecular flexibility index (Phi) is 8.57. The van der Waals surface area contributed by atoms with Crippen molar-refractivity contribution in [2.24, 2.45) is 5.92 Å². The molecule has 180 valence electrons. The molecule has 0 saturated carbocycles. The fraction of sp³-hybridized carbons (Fsp3) is 0.542. The van der Waals surface area contributed by atoms with Gasteiger partial charge in [-0.05, 0) is 43.5 Å². The molecule has 1 aromatic carbocycles. The number of carbonyl (C=O) groups excluding carboxylic acids is 2. The highest BCUT2D eigenvalue weighted by Gasteiger charge is 2.33. The summed E-state index contributed by atoms with van der Waals surface area (Å²) in [5.41, 5.74) is 0.822. The Morgan fingerprint density at radius 1 is 1.33 bits per heavy atom. The molecule has 0 bridgehead atoms. The zero-order valence-electron chi connectivity index (χ0n) is 19.8. The molecule has 1 fully saturated rings. The van der Waals surface area contributed by atoms with Gasteiger partial charge in [-0.2, -0.15) is 5.10 Å². The van der Waals surface area contributed by atoms with Crippen molar-refractivity contribution in [2.45, 2.75) is 38.8 Å². The van der Waals surface area contributed by atoms with Crippen LogP contribution in [0, 0.1) is 11.7 Å². The summed E-state index contributed by atoms with van der Waals surface area (Å²) in [7, 11) is 3.43. The van der Waals surface area contributed by atoms with E-state index in [0.717, 1.165) is 25.9 Å². The SMILES string of the molecule is CC(C)CCN1C[C@@H](n2cc(NC(=O)c3cccc(F)c3)cn2)C[C@H]1COCC(=O)N(C)C. The number of nitrogens with zero attached hydrogens (tertiary/aromatic N) is 4. The molecule has 2 heterocycles. The van der Waals surface area contributed by atoms with Crippen molar-refractivity contribution in [3.05, 3.63) is 48.0 Å². The highest BCUT2D eigenvalue weighted by molar-refractivity contribution is 6.04. The van der Waals surface area contributed by atoms with Gasteiger partial charge in [0.2, 0.25) is 5.91 Å². The quantitative estimate of drug-likeness (QED) is 0.591. The molecule has 33 heavy (non-hydrogen) atoms. The maximum atomic E-state index is 13.4. The Labute approximate surface area is 194 Å². The van der Waals surface area contributed by atoms with Crippen molar-refractivity contribution in [1.82, 2.24) is 19.6 Å². The first-order valence-corrected chi connectivity index (χ1v) is 11.4. The predicted molar refractivity (Wildman–Crippen MR) is 125 cm³/mol. The molecule has 2 atom stereocenters. The van der Waals surface area contributed by atoms with Crippen LogP contribution in [-0.4, -0.2) is 77.8 Å². The summed E-state index contributed by atoms with van der Waals surface area (Å²) < 4.78 is 21.0. The van der Waals surface area contributed by atoms with Crippen LogP contribution in [0.4, 0.5) is 10.1 Å². The molecule has 1 aromatic heterocycles. The average molecular weight is 460 g/mol. The van der Waals surface area contributed by atoms with Gasteiger partial charge >= 0.3 is 0 Å². The highest BCUT2D eigenvalue weighted by atomic mass is 19.1. The van der Waals surface area contributed by atoms with Crippen molar-refractivity contribution in [3.63, 3.8) is 0 Å². The normalized spacial score (nSPS) is 18.6. The molecule has 1 aliphatic rings. The number of anilines is 1. The monoisotopic (exact) mass is 459 g/mol. The van der Waals surface area contributed by atoms with E-state index in [1.54, 1.807) is 32.6 Å². The Hall–Kier alpha value is -2.78. The number of likely N-dealkylation sites (tertiary alicyclic amines) is 1. The number of halogens is 1. The van der Waals surface area contributed by atoms with Crippen molar-refractivity contribution in [3.8, 4) is 0 Å². The zero-order chi connectivity index (χ0) is 24.0. The second-order valence-electron chi connectivity index (χ2n) is 9.20. The van der Waals surface area contributed by atoms with Crippen molar-refractivity contribution >= 4 is 17.5 Å². The third-order valence-corrected chi connectivity index (χ3v) is 5.85. The molecule has 0 spiro atoms. The molecule has 0 radical (unpaired) electrons. The summed E-state index contributed by atoms with van der Waals surface area (Å²) in [4.78, 5) is 28.2. The third-order valence-electron chi connectivity index (χ3n) is 5.85. The Morgan fingerprint density at radius 2 is 2.12 bits per heavy atom. The first kappa shape index (κ1) is 24.9. The minimum atomic E-state index is -0.452. The maximum absolute atomic E-state index is 13.4. The van der Waals surface area contributed by atoms with E-state index >= 15 is 0 Å². The number of amides is 2. The van der Waals surface area contributed by atoms with Crippen LogP contribution in [0.2, 0.25) is 0 Å². The summed E-state index contributed by atoms with van der Waals surface area (Å²) in [6.07, 6.45) is 5.33. The van der Waals surface area contributed by atoms with E-state index in [2.05, 4.69) is 29.2 Å². The molecule has 1 aliphatic heterocycles. The molecule has 0 aliphatic carbocycles. The third kappa shape index (κ3) is 7.10. The minimum absolute atomic E-state index is 0.0518. The largest absolute Gasteiger partial charge is 0.370 e. The van der Waals surface area contributed by atoms with Gasteiger partial charge in [0.05, 0.1) is 24.5 Å². The number of hydrogen-bond acceptors (Lipinski definition) is 5. The number of rotatable bonds is 10. The second kappa shape index (κ2) is 11.4. The van der Waals surface area contributed by atoms with Crippen LogP contribution in [0.25, 0.3) is 0 Å². The van der Waals surface area contributed by atoms with E-state index in [4.69, 9.17) is 4.74 Å². The van der Waals surface area contributed by atoms with Gasteiger partial charge in [-0.25, -0.2) is 4.39 Å². The molecule has 3 rings (SSSR count). The number of ether oxygens (including phenoxy) is 1. The van der Waals surface area contributed by atoms with Gasteiger partial charge in [-0.15, -0.1) is 0 Å². The van der Waals surface area contributed by atoms with E-state index in [9.17, 15) is 14.0 Å². The number of likely N-dealkylation sites (N-methyl/N-ethyl adjacent to an activating group) is 1. The van der Waals surface area contributed by atoms with Crippen LogP contribution in [0.5, 0.6) is 0 Å². The van der Waals surface area contributed by atoms with Gasteiger partial charge in [0.15, 0.2) is 0 Å². The van der Waals surface area contributed by atoms with Crippen molar-refractivity contribution < 1.29 is 18.7 Å². The molecule has 1 N–H and O–H groups in total. The van der Waals surface area contributed by atoms with Gasteiger partial charge < -0.3 is 15.0 Å². The Balaban J connectivity index is 1.61. The molecule has 2 amide bonds. The van der Waals surface area contributed by atoms with Crippen molar-refractivity contribution in [2.75, 3.05) is 45.7 Å². The van der Waals surface area contributed by atoms with Crippen molar-refractivity contribution in [1.29, 1.82) is 0 Å². The fourth-order valence-electron chi connectivity index (χ4n) is 3.87. The highest BCUT2D eigenvalue weighted by Crippen LogP contribution is 2.29. The van der Waals surface area contributed by atoms with Crippen LogP contribution < -0.4 is 5.32 Å². The fourth-order valence-corrected chi connectivity index (χ4v) is 3.87. The molecular formula is C24H34FN5O3. The van der Waals surface area contributed by atoms with E-state index < -0.39 is 5.82 Å². The summed E-state index contributed by atoms with van der Waals surface area (Å²) in [6.45, 7) is 6.74. The average Bonchev–Trinajstić information content (AvgIpc) is 3.39. The van der Waals surface area contributed by atoms with Gasteiger partial charge in [-0.3, -0.25) is 19.2 Å². The van der Waals surface area contributed by atoms with Gasteiger partial charge in [0, 0.05) is 38.4 Å². The van der Waals surface area contributed by atoms with Gasteiger partial charge in [0.25, 0.3) is 5.91 Å². The lowest BCUT2D eigenvalue weighted by atomic mass is 10.1. The first-order valence-electron chi connectivity index (χ1n) is 11.4. The topological polar surface area (TPSA) is 79.7 Å². The number of aromatic nitrogens is 2. The zero-order valence-corrected chi connectivity index (χ0v) is 19.8. The first-order chi connectivity index (χ1) is 15.7. The summed E-state index contributed by atoms with van der Waals surface area (Å²) in [5, 5.41) is 7.24. The number of carbonyl (C=O) groups is 2. The smallest absolute Gasteiger partial charge is 0.255 e. The number of nitrogens with one attached hydrogen (secondary N) is 1. The van der Waals surface area contributed by atoms with Gasteiger partial charge in [0.1, 0.15) is 12.4 Å². The Morgan fingerprint density at radius 3 is 2.82 bits per heavy atom. The Bertz CT molecular complexity index is 946. The molecule has 8 nitrogen and oxygen atoms in total. The van der Waals surface area contributed by atoms with Crippen LogP contribution in [-0.2, 0) is 9.53 Å². The van der Waals surface area contributed by atoms with E-state index in [-0.39, 0.29) is 36.1 Å². The number of hydrogen-bond donors (Lipinski definition) is 1. The molecule has 9 heteroatoms. The molecule has 1 saturated heterocycles. The van der Waals surface area contributed by atoms with Crippen LogP contribution in [0.3, 0.4) is 0 Å². The summed E-state index contributed by atoms with van der Waals surface area (Å²) in [6, 6.07) is 5.91. The number of benzene rings is 1. The van der Waals surface area contributed by atoms with Crippen LogP contribution in [0.1, 0.15) is 43.1 Å².